The summed E-state index contributed by atoms with van der Waals surface area (Å²) in [4.78, 5) is 12.2. The molecule has 0 fully saturated rings. The van der Waals surface area contributed by atoms with Crippen molar-refractivity contribution in [1.29, 1.82) is 0 Å². The Morgan fingerprint density at radius 1 is 1.04 bits per heavy atom. The first kappa shape index (κ1) is 17.3. The van der Waals surface area contributed by atoms with E-state index in [2.05, 4.69) is 0 Å². The number of benzene rings is 2. The largest absolute Gasteiger partial charge is 0.477 e. The third-order valence-corrected chi connectivity index (χ3v) is 6.48. The summed E-state index contributed by atoms with van der Waals surface area (Å²) in [5.74, 6) is -1.99. The normalized spacial score (nSPS) is 11.4. The minimum atomic E-state index is -3.66. The smallest absolute Gasteiger partial charge is 0.346 e. The Labute approximate surface area is 148 Å². The second-order valence-corrected chi connectivity index (χ2v) is 8.39. The van der Waals surface area contributed by atoms with Gasteiger partial charge in [-0.2, -0.15) is 0 Å². The van der Waals surface area contributed by atoms with Crippen LogP contribution in [0.3, 0.4) is 0 Å². The van der Waals surface area contributed by atoms with Crippen LogP contribution in [-0.2, 0) is 15.6 Å². The van der Waals surface area contributed by atoms with Crippen LogP contribution < -0.4 is 0 Å². The molecule has 0 unspecified atom stereocenters. The topological polar surface area (TPSA) is 71.4 Å². The van der Waals surface area contributed by atoms with Gasteiger partial charge >= 0.3 is 5.97 Å². The Morgan fingerprint density at radius 2 is 1.68 bits per heavy atom. The van der Waals surface area contributed by atoms with Gasteiger partial charge < -0.3 is 5.11 Å². The van der Waals surface area contributed by atoms with Crippen LogP contribution in [0.2, 0.25) is 0 Å². The van der Waals surface area contributed by atoms with Crippen LogP contribution in [0.15, 0.2) is 65.6 Å². The van der Waals surface area contributed by atoms with Gasteiger partial charge in [0.2, 0.25) is 0 Å². The van der Waals surface area contributed by atoms with E-state index in [0.29, 0.717) is 10.4 Å². The Balaban J connectivity index is 2.01. The first-order valence-electron chi connectivity index (χ1n) is 7.26. The van der Waals surface area contributed by atoms with Gasteiger partial charge in [-0.25, -0.2) is 17.6 Å². The maximum absolute atomic E-state index is 13.1. The zero-order valence-electron chi connectivity index (χ0n) is 12.8. The van der Waals surface area contributed by atoms with Crippen molar-refractivity contribution in [2.24, 2.45) is 0 Å². The molecule has 1 N–H and O–H groups in total. The van der Waals surface area contributed by atoms with Crippen molar-refractivity contribution < 1.29 is 22.7 Å². The van der Waals surface area contributed by atoms with E-state index in [1.807, 2.05) is 0 Å². The summed E-state index contributed by atoms with van der Waals surface area (Å²) >= 11 is 0.976. The van der Waals surface area contributed by atoms with E-state index in [0.717, 1.165) is 11.3 Å². The van der Waals surface area contributed by atoms with E-state index < -0.39 is 27.4 Å². The Kier molecular flexibility index (Phi) is 4.69. The fourth-order valence-corrected chi connectivity index (χ4v) is 4.88. The zero-order chi connectivity index (χ0) is 18.0. The molecule has 4 nitrogen and oxygen atoms in total. The molecule has 0 aliphatic carbocycles. The van der Waals surface area contributed by atoms with Crippen molar-refractivity contribution in [3.05, 3.63) is 76.9 Å². The van der Waals surface area contributed by atoms with Gasteiger partial charge in [0.1, 0.15) is 10.7 Å². The van der Waals surface area contributed by atoms with Crippen molar-refractivity contribution in [1.82, 2.24) is 0 Å². The summed E-state index contributed by atoms with van der Waals surface area (Å²) in [6.45, 7) is 0. The second-order valence-electron chi connectivity index (χ2n) is 5.35. The molecule has 128 valence electrons. The molecule has 1 aromatic heterocycles. The average Bonchev–Trinajstić information content (AvgIpc) is 2.99. The summed E-state index contributed by atoms with van der Waals surface area (Å²) in [5.41, 5.74) is 0.859. The summed E-state index contributed by atoms with van der Waals surface area (Å²) in [5, 5.41) is 9.39. The fourth-order valence-electron chi connectivity index (χ4n) is 2.39. The van der Waals surface area contributed by atoms with Gasteiger partial charge in [-0.3, -0.25) is 0 Å². The molecule has 0 aliphatic heterocycles. The minimum Gasteiger partial charge on any atom is -0.477 e. The van der Waals surface area contributed by atoms with Crippen LogP contribution in [0.5, 0.6) is 0 Å². The number of hydrogen-bond donors (Lipinski definition) is 1. The number of thiophene rings is 1. The number of halogens is 1. The quantitative estimate of drug-likeness (QED) is 0.723. The molecule has 0 saturated carbocycles. The molecule has 0 aliphatic rings. The highest BCUT2D eigenvalue weighted by Crippen LogP contribution is 2.33. The molecular weight excluding hydrogens is 363 g/mol. The molecule has 0 spiro atoms. The van der Waals surface area contributed by atoms with Crippen molar-refractivity contribution in [2.75, 3.05) is 0 Å². The molecular formula is C18H13FO4S2. The molecule has 2 aromatic carbocycles. The number of hydrogen-bond acceptors (Lipinski definition) is 4. The Morgan fingerprint density at radius 3 is 2.28 bits per heavy atom. The first-order chi connectivity index (χ1) is 11.9. The van der Waals surface area contributed by atoms with E-state index in [4.69, 9.17) is 0 Å². The fraction of sp³-hybridized carbons (Fsp3) is 0.0556. The standard InChI is InChI=1S/C18H13FO4S2/c19-14-8-6-12(7-9-14)16-10-13(17(24-16)18(20)21)11-25(22,23)15-4-2-1-3-5-15/h1-10H,11H2,(H,20,21). The van der Waals surface area contributed by atoms with Crippen LogP contribution >= 0.6 is 11.3 Å². The lowest BCUT2D eigenvalue weighted by Gasteiger charge is -2.04. The molecule has 3 aromatic rings. The zero-order valence-corrected chi connectivity index (χ0v) is 14.5. The van der Waals surface area contributed by atoms with Crippen molar-refractivity contribution in [3.8, 4) is 10.4 Å². The van der Waals surface area contributed by atoms with Gasteiger partial charge in [0, 0.05) is 4.88 Å². The predicted molar refractivity (Wildman–Crippen MR) is 94.0 cm³/mol. The van der Waals surface area contributed by atoms with Gasteiger partial charge in [-0.15, -0.1) is 11.3 Å². The lowest BCUT2D eigenvalue weighted by Crippen LogP contribution is -2.07. The third-order valence-electron chi connectivity index (χ3n) is 3.58. The van der Waals surface area contributed by atoms with Crippen molar-refractivity contribution in [2.45, 2.75) is 10.6 Å². The maximum Gasteiger partial charge on any atom is 0.346 e. The van der Waals surface area contributed by atoms with Crippen LogP contribution in [0.4, 0.5) is 4.39 Å². The molecule has 3 rings (SSSR count). The number of carboxylic acid groups (broad SMARTS) is 1. The van der Waals surface area contributed by atoms with Gasteiger partial charge in [-0.05, 0) is 41.5 Å². The number of carboxylic acids is 1. The Bertz CT molecular complexity index is 1010. The third kappa shape index (κ3) is 3.78. The van der Waals surface area contributed by atoms with E-state index in [9.17, 15) is 22.7 Å². The average molecular weight is 376 g/mol. The summed E-state index contributed by atoms with van der Waals surface area (Å²) in [6, 6.07) is 15.0. The molecule has 1 heterocycles. The molecule has 0 amide bonds. The van der Waals surface area contributed by atoms with E-state index >= 15 is 0 Å². The molecule has 25 heavy (non-hydrogen) atoms. The highest BCUT2D eigenvalue weighted by molar-refractivity contribution is 7.90. The number of rotatable bonds is 5. The minimum absolute atomic E-state index is 0.0289. The van der Waals surface area contributed by atoms with Gasteiger partial charge in [0.15, 0.2) is 9.84 Å². The van der Waals surface area contributed by atoms with Gasteiger partial charge in [0.25, 0.3) is 0 Å². The lowest BCUT2D eigenvalue weighted by molar-refractivity contribution is 0.0701. The van der Waals surface area contributed by atoms with Crippen molar-refractivity contribution in [3.63, 3.8) is 0 Å². The first-order valence-corrected chi connectivity index (χ1v) is 9.73. The SMILES string of the molecule is O=C(O)c1sc(-c2ccc(F)cc2)cc1CS(=O)(=O)c1ccccc1. The molecule has 7 heteroatoms. The molecule has 0 radical (unpaired) electrons. The van der Waals surface area contributed by atoms with Crippen LogP contribution in [0.25, 0.3) is 10.4 Å². The number of aromatic carboxylic acids is 1. The van der Waals surface area contributed by atoms with Crippen LogP contribution in [0.1, 0.15) is 15.2 Å². The highest BCUT2D eigenvalue weighted by atomic mass is 32.2. The van der Waals surface area contributed by atoms with E-state index in [-0.39, 0.29) is 15.3 Å². The van der Waals surface area contributed by atoms with Gasteiger partial charge in [-0.1, -0.05) is 30.3 Å². The highest BCUT2D eigenvalue weighted by Gasteiger charge is 2.23. The van der Waals surface area contributed by atoms with E-state index in [1.54, 1.807) is 24.3 Å². The molecule has 0 saturated heterocycles. The summed E-state index contributed by atoms with van der Waals surface area (Å²) in [6.07, 6.45) is 0. The van der Waals surface area contributed by atoms with Crippen molar-refractivity contribution >= 4 is 27.1 Å². The molecule has 0 bridgehead atoms. The number of carbonyl (C=O) groups is 1. The second kappa shape index (κ2) is 6.78. The number of sulfone groups is 1. The maximum atomic E-state index is 13.1. The van der Waals surface area contributed by atoms with Crippen LogP contribution in [0, 0.1) is 5.82 Å². The lowest BCUT2D eigenvalue weighted by atomic mass is 10.1. The molecule has 0 atom stereocenters. The predicted octanol–water partition coefficient (Wildman–Crippen LogP) is 4.23. The van der Waals surface area contributed by atoms with Gasteiger partial charge in [0.05, 0.1) is 10.6 Å². The summed E-state index contributed by atoms with van der Waals surface area (Å²) < 4.78 is 38.1. The monoisotopic (exact) mass is 376 g/mol. The van der Waals surface area contributed by atoms with Crippen LogP contribution in [-0.4, -0.2) is 19.5 Å². The Hall–Kier alpha value is -2.51. The summed E-state index contributed by atoms with van der Waals surface area (Å²) in [7, 11) is -3.66. The van der Waals surface area contributed by atoms with E-state index in [1.165, 1.54) is 36.4 Å².